The fourth-order valence-corrected chi connectivity index (χ4v) is 4.57. The highest BCUT2D eigenvalue weighted by molar-refractivity contribution is 7.93. The third kappa shape index (κ3) is 5.55. The van der Waals surface area contributed by atoms with Crippen molar-refractivity contribution >= 4 is 43.9 Å². The maximum absolute atomic E-state index is 13.2. The Morgan fingerprint density at radius 3 is 2.55 bits per heavy atom. The van der Waals surface area contributed by atoms with E-state index in [1.54, 1.807) is 18.7 Å². The maximum Gasteiger partial charge on any atom is 0.516 e. The molecule has 1 aliphatic rings. The Balaban J connectivity index is 1.78. The summed E-state index contributed by atoms with van der Waals surface area (Å²) in [4.78, 5) is 1.79. The maximum atomic E-state index is 13.2. The molecule has 0 amide bonds. The molecule has 0 fully saturated rings. The number of sulfonamides is 1. The van der Waals surface area contributed by atoms with E-state index >= 15 is 0 Å². The van der Waals surface area contributed by atoms with Crippen LogP contribution in [0.3, 0.4) is 0 Å². The molecule has 0 saturated heterocycles. The first kappa shape index (κ1) is 27.6. The lowest BCUT2D eigenvalue weighted by Gasteiger charge is -2.36. The Hall–Kier alpha value is -3.40. The van der Waals surface area contributed by atoms with Gasteiger partial charge in [0.15, 0.2) is 5.58 Å². The summed E-state index contributed by atoms with van der Waals surface area (Å²) in [6.45, 7) is 4.44. The summed E-state index contributed by atoms with van der Waals surface area (Å²) < 4.78 is 114. The minimum Gasteiger partial charge on any atom is -0.359 e. The topological polar surface area (TPSA) is 109 Å². The van der Waals surface area contributed by atoms with Gasteiger partial charge in [-0.15, -0.1) is 10.2 Å². The summed E-state index contributed by atoms with van der Waals surface area (Å²) in [5.41, 5.74) is -6.47. The largest absolute Gasteiger partial charge is 0.516 e. The van der Waals surface area contributed by atoms with Crippen molar-refractivity contribution < 1.29 is 44.0 Å². The minimum absolute atomic E-state index is 0.0637. The third-order valence-electron chi connectivity index (χ3n) is 5.78. The van der Waals surface area contributed by atoms with Gasteiger partial charge in [0.05, 0.1) is 16.6 Å². The van der Waals surface area contributed by atoms with Crippen LogP contribution < -0.4 is 9.62 Å². The number of hydrogen-bond donors (Lipinski definition) is 1. The molecule has 16 heteroatoms. The average molecular weight is 565 g/mol. The van der Waals surface area contributed by atoms with Crippen LogP contribution in [0.4, 0.5) is 49.2 Å². The second-order valence-corrected chi connectivity index (χ2v) is 9.99. The number of aromatic nitrogens is 1. The molecule has 3 aromatic rings. The first-order valence-corrected chi connectivity index (χ1v) is 12.7. The Morgan fingerprint density at radius 1 is 1.16 bits per heavy atom. The number of azo groups is 1. The number of fused-ring (bicyclic) bond motifs is 2. The zero-order valence-corrected chi connectivity index (χ0v) is 20.7. The van der Waals surface area contributed by atoms with E-state index in [9.17, 15) is 34.8 Å². The Kier molecular flexibility index (Phi) is 7.31. The van der Waals surface area contributed by atoms with Crippen LogP contribution in [0.25, 0.3) is 11.0 Å². The van der Waals surface area contributed by atoms with Crippen LogP contribution in [-0.2, 0) is 27.4 Å². The van der Waals surface area contributed by atoms with Crippen molar-refractivity contribution in [1.29, 1.82) is 0 Å². The van der Waals surface area contributed by atoms with Crippen LogP contribution in [0.5, 0.6) is 0 Å². The van der Waals surface area contributed by atoms with E-state index in [0.29, 0.717) is 37.2 Å². The van der Waals surface area contributed by atoms with Crippen molar-refractivity contribution in [3.8, 4) is 0 Å². The van der Waals surface area contributed by atoms with Gasteiger partial charge in [0.25, 0.3) is 0 Å². The fraction of sp³-hybridized carbons (Fsp3) is 0.409. The summed E-state index contributed by atoms with van der Waals surface area (Å²) in [6, 6.07) is 5.18. The zero-order chi connectivity index (χ0) is 27.9. The van der Waals surface area contributed by atoms with Gasteiger partial charge in [-0.2, -0.15) is 34.8 Å². The number of anilines is 2. The number of aryl methyl sites for hydroxylation is 1. The van der Waals surface area contributed by atoms with E-state index in [2.05, 4.69) is 15.4 Å². The molecule has 1 atom stereocenters. The van der Waals surface area contributed by atoms with Gasteiger partial charge in [-0.3, -0.25) is 4.72 Å². The molecule has 2 aromatic carbocycles. The van der Waals surface area contributed by atoms with Gasteiger partial charge in [0.1, 0.15) is 11.9 Å². The van der Waals surface area contributed by atoms with Crippen LogP contribution in [0, 0.1) is 0 Å². The molecule has 0 spiro atoms. The van der Waals surface area contributed by atoms with Crippen LogP contribution in [-0.4, -0.2) is 38.5 Å². The predicted octanol–water partition coefficient (Wildman–Crippen LogP) is 6.66. The summed E-state index contributed by atoms with van der Waals surface area (Å²) in [6.07, 6.45) is -3.86. The lowest BCUT2D eigenvalue weighted by molar-refractivity contribution is -0.137. The molecule has 9 nitrogen and oxygen atoms in total. The highest BCUT2D eigenvalue weighted by Crippen LogP contribution is 2.41. The third-order valence-corrected chi connectivity index (χ3v) is 6.88. The van der Waals surface area contributed by atoms with Gasteiger partial charge in [-0.25, -0.2) is 0 Å². The smallest absolute Gasteiger partial charge is 0.359 e. The average Bonchev–Trinajstić information content (AvgIpc) is 3.23. The molecular formula is C22H21F6N5O4S. The molecular weight excluding hydrogens is 544 g/mol. The van der Waals surface area contributed by atoms with Crippen molar-refractivity contribution in [2.75, 3.05) is 22.8 Å². The normalized spacial score (nSPS) is 15.7. The Labute approximate surface area is 212 Å². The van der Waals surface area contributed by atoms with Gasteiger partial charge >= 0.3 is 21.7 Å². The number of ether oxygens (including phenoxy) is 1. The number of nitrogens with zero attached hydrogens (tertiary/aromatic N) is 4. The number of nitrogens with one attached hydrogen (secondary N) is 1. The van der Waals surface area contributed by atoms with E-state index in [4.69, 9.17) is 9.26 Å². The van der Waals surface area contributed by atoms with Gasteiger partial charge in [-0.05, 0) is 62.6 Å². The molecule has 0 aliphatic carbocycles. The second kappa shape index (κ2) is 10.1. The van der Waals surface area contributed by atoms with E-state index in [-0.39, 0.29) is 22.5 Å². The summed E-state index contributed by atoms with van der Waals surface area (Å²) in [5, 5.41) is 11.4. The molecule has 1 N–H and O–H groups in total. The summed E-state index contributed by atoms with van der Waals surface area (Å²) in [5.74, 6) is -0.248. The van der Waals surface area contributed by atoms with Crippen LogP contribution in [0.2, 0.25) is 0 Å². The van der Waals surface area contributed by atoms with Crippen molar-refractivity contribution in [1.82, 2.24) is 5.16 Å². The van der Waals surface area contributed by atoms with Crippen molar-refractivity contribution in [2.45, 2.75) is 44.6 Å². The molecule has 1 aromatic heterocycles. The van der Waals surface area contributed by atoms with Crippen LogP contribution in [0.1, 0.15) is 31.4 Å². The van der Waals surface area contributed by atoms with E-state index < -0.39 is 39.2 Å². The fourth-order valence-electron chi connectivity index (χ4n) is 4.00. The summed E-state index contributed by atoms with van der Waals surface area (Å²) in [7, 11) is -5.82. The molecule has 1 unspecified atom stereocenters. The first-order valence-electron chi connectivity index (χ1n) is 11.2. The zero-order valence-electron chi connectivity index (χ0n) is 19.9. The number of hydrogen-bond acceptors (Lipinski definition) is 8. The number of benzene rings is 2. The van der Waals surface area contributed by atoms with Crippen molar-refractivity contribution in [3.63, 3.8) is 0 Å². The molecule has 4 rings (SSSR count). The molecule has 0 radical (unpaired) electrons. The molecule has 0 saturated carbocycles. The molecule has 1 aliphatic heterocycles. The monoisotopic (exact) mass is 565 g/mol. The molecule has 0 bridgehead atoms. The van der Waals surface area contributed by atoms with E-state index in [1.165, 1.54) is 16.9 Å². The van der Waals surface area contributed by atoms with Crippen LogP contribution >= 0.6 is 0 Å². The summed E-state index contributed by atoms with van der Waals surface area (Å²) >= 11 is 0. The lowest BCUT2D eigenvalue weighted by atomic mass is 10.00. The molecule has 206 valence electrons. The minimum atomic E-state index is -5.82. The van der Waals surface area contributed by atoms with Gasteiger partial charge < -0.3 is 14.2 Å². The van der Waals surface area contributed by atoms with E-state index in [1.807, 2.05) is 0 Å². The highest BCUT2D eigenvalue weighted by Gasteiger charge is 2.46. The van der Waals surface area contributed by atoms with Gasteiger partial charge in [-0.1, -0.05) is 5.16 Å². The SMILES string of the molecule is CCOC(C)N1CCCc2cc(N=Nc3noc4cc(C(F)(F)F)ccc34)c(NS(=O)(=O)C(F)(F)F)cc21. The quantitative estimate of drug-likeness (QED) is 0.254. The standard InChI is InChI=1S/C22H21F6N5O4S/c1-3-36-12(2)33-8-4-5-13-9-16(17(11-18(13)33)32-38(34,35)22(26,27)28)29-30-20-15-7-6-14(21(23,24)25)10-19(15)37-31-20/h6-7,9-12,32H,3-5,8H2,1-2H3. The number of halogens is 6. The van der Waals surface area contributed by atoms with Crippen molar-refractivity contribution in [3.05, 3.63) is 41.5 Å². The number of rotatable bonds is 7. The first-order chi connectivity index (χ1) is 17.7. The highest BCUT2D eigenvalue weighted by atomic mass is 32.2. The van der Waals surface area contributed by atoms with Gasteiger partial charge in [0.2, 0.25) is 5.82 Å². The van der Waals surface area contributed by atoms with Crippen LogP contribution in [0.15, 0.2) is 45.1 Å². The van der Waals surface area contributed by atoms with Gasteiger partial charge in [0, 0.05) is 18.8 Å². The number of alkyl halides is 6. The predicted molar refractivity (Wildman–Crippen MR) is 125 cm³/mol. The van der Waals surface area contributed by atoms with E-state index in [0.717, 1.165) is 18.2 Å². The molecule has 38 heavy (non-hydrogen) atoms. The van der Waals surface area contributed by atoms with Crippen molar-refractivity contribution in [2.24, 2.45) is 10.2 Å². The second-order valence-electron chi connectivity index (χ2n) is 8.32. The molecule has 2 heterocycles. The Bertz CT molecular complexity index is 1470. The lowest BCUT2D eigenvalue weighted by Crippen LogP contribution is -2.39. The Morgan fingerprint density at radius 2 is 1.89 bits per heavy atom.